The largest absolute Gasteiger partial charge is 0.504 e. The molecule has 0 unspecified atom stereocenters. The van der Waals surface area contributed by atoms with Crippen LogP contribution in [0.4, 0.5) is 0 Å². The fraction of sp³-hybridized carbons (Fsp3) is 0.125. The van der Waals surface area contributed by atoms with E-state index in [4.69, 9.17) is 0 Å². The Bertz CT molecular complexity index is 410. The molecular formula is C8H8N4O. The van der Waals surface area contributed by atoms with Gasteiger partial charge in [0, 0.05) is 6.20 Å². The summed E-state index contributed by atoms with van der Waals surface area (Å²) in [5, 5.41) is 17.0. The van der Waals surface area contributed by atoms with Crippen LogP contribution in [0.3, 0.4) is 0 Å². The number of aryl methyl sites for hydroxylation is 1. The predicted octanol–water partition coefficient (Wildman–Crippen LogP) is 0.676. The van der Waals surface area contributed by atoms with Gasteiger partial charge in [0.25, 0.3) is 0 Å². The van der Waals surface area contributed by atoms with Gasteiger partial charge < -0.3 is 5.11 Å². The molecule has 5 heteroatoms. The van der Waals surface area contributed by atoms with E-state index in [-0.39, 0.29) is 5.75 Å². The molecule has 5 nitrogen and oxygen atoms in total. The smallest absolute Gasteiger partial charge is 0.162 e. The van der Waals surface area contributed by atoms with Crippen LogP contribution in [0.5, 0.6) is 5.75 Å². The summed E-state index contributed by atoms with van der Waals surface area (Å²) in [6, 6.07) is 1.68. The Labute approximate surface area is 74.7 Å². The van der Waals surface area contributed by atoms with Gasteiger partial charge in [-0.2, -0.15) is 0 Å². The SMILES string of the molecule is Cc1nccc(-n2ccnn2)c1O. The lowest BCUT2D eigenvalue weighted by Gasteiger charge is -2.04. The van der Waals surface area contributed by atoms with E-state index >= 15 is 0 Å². The molecule has 0 aliphatic rings. The van der Waals surface area contributed by atoms with Gasteiger partial charge in [0.1, 0.15) is 5.69 Å². The van der Waals surface area contributed by atoms with Crippen LogP contribution in [0.15, 0.2) is 24.7 Å². The van der Waals surface area contributed by atoms with Crippen LogP contribution in [0.25, 0.3) is 5.69 Å². The van der Waals surface area contributed by atoms with Crippen LogP contribution in [0.2, 0.25) is 0 Å². The minimum atomic E-state index is 0.132. The first kappa shape index (κ1) is 7.72. The second-order valence-electron chi connectivity index (χ2n) is 2.61. The van der Waals surface area contributed by atoms with Gasteiger partial charge in [-0.25, -0.2) is 4.68 Å². The van der Waals surface area contributed by atoms with Crippen molar-refractivity contribution < 1.29 is 5.11 Å². The third-order valence-corrected chi connectivity index (χ3v) is 1.76. The minimum absolute atomic E-state index is 0.132. The van der Waals surface area contributed by atoms with Crippen LogP contribution in [0.1, 0.15) is 5.69 Å². The predicted molar refractivity (Wildman–Crippen MR) is 45.6 cm³/mol. The molecule has 66 valence electrons. The number of nitrogens with zero attached hydrogens (tertiary/aromatic N) is 4. The van der Waals surface area contributed by atoms with Crippen molar-refractivity contribution in [3.05, 3.63) is 30.4 Å². The molecule has 0 aliphatic heterocycles. The summed E-state index contributed by atoms with van der Waals surface area (Å²) < 4.78 is 1.49. The number of rotatable bonds is 1. The van der Waals surface area contributed by atoms with Crippen molar-refractivity contribution >= 4 is 0 Å². The molecule has 0 saturated heterocycles. The highest BCUT2D eigenvalue weighted by molar-refractivity contribution is 5.46. The van der Waals surface area contributed by atoms with E-state index < -0.39 is 0 Å². The number of pyridine rings is 1. The maximum atomic E-state index is 9.62. The van der Waals surface area contributed by atoms with Crippen LogP contribution >= 0.6 is 0 Å². The quantitative estimate of drug-likeness (QED) is 0.693. The Morgan fingerprint density at radius 2 is 2.23 bits per heavy atom. The molecule has 2 aromatic rings. The molecule has 2 heterocycles. The van der Waals surface area contributed by atoms with Gasteiger partial charge in [0.05, 0.1) is 18.1 Å². The summed E-state index contributed by atoms with van der Waals surface area (Å²) in [7, 11) is 0. The minimum Gasteiger partial charge on any atom is -0.504 e. The second-order valence-corrected chi connectivity index (χ2v) is 2.61. The molecule has 0 aromatic carbocycles. The molecule has 13 heavy (non-hydrogen) atoms. The van der Waals surface area contributed by atoms with Crippen molar-refractivity contribution in [3.63, 3.8) is 0 Å². The Hall–Kier alpha value is -1.91. The number of aromatic hydroxyl groups is 1. The van der Waals surface area contributed by atoms with E-state index in [2.05, 4.69) is 15.3 Å². The number of aromatic nitrogens is 4. The van der Waals surface area contributed by atoms with Crippen molar-refractivity contribution in [3.8, 4) is 11.4 Å². The topological polar surface area (TPSA) is 63.8 Å². The Morgan fingerprint density at radius 1 is 1.38 bits per heavy atom. The van der Waals surface area contributed by atoms with Crippen LogP contribution in [-0.2, 0) is 0 Å². The first-order valence-electron chi connectivity index (χ1n) is 3.80. The zero-order valence-electron chi connectivity index (χ0n) is 7.05. The molecule has 1 N–H and O–H groups in total. The van der Waals surface area contributed by atoms with Gasteiger partial charge in [-0.05, 0) is 13.0 Å². The third-order valence-electron chi connectivity index (χ3n) is 1.76. The lowest BCUT2D eigenvalue weighted by molar-refractivity contribution is 0.462. The lowest BCUT2D eigenvalue weighted by atomic mass is 10.3. The van der Waals surface area contributed by atoms with Crippen LogP contribution < -0.4 is 0 Å². The maximum Gasteiger partial charge on any atom is 0.162 e. The molecular weight excluding hydrogens is 168 g/mol. The molecule has 0 spiro atoms. The number of hydrogen-bond donors (Lipinski definition) is 1. The summed E-state index contributed by atoms with van der Waals surface area (Å²) in [6.45, 7) is 1.73. The van der Waals surface area contributed by atoms with Gasteiger partial charge in [0.2, 0.25) is 0 Å². The molecule has 0 aliphatic carbocycles. The fourth-order valence-corrected chi connectivity index (χ4v) is 1.07. The zero-order valence-corrected chi connectivity index (χ0v) is 7.05. The van der Waals surface area contributed by atoms with E-state index in [1.807, 2.05) is 0 Å². The van der Waals surface area contributed by atoms with Gasteiger partial charge >= 0.3 is 0 Å². The van der Waals surface area contributed by atoms with E-state index in [0.717, 1.165) is 0 Å². The highest BCUT2D eigenvalue weighted by Crippen LogP contribution is 2.21. The lowest BCUT2D eigenvalue weighted by Crippen LogP contribution is -1.97. The second kappa shape index (κ2) is 2.85. The van der Waals surface area contributed by atoms with E-state index in [1.54, 1.807) is 31.6 Å². The summed E-state index contributed by atoms with van der Waals surface area (Å²) in [4.78, 5) is 3.94. The fourth-order valence-electron chi connectivity index (χ4n) is 1.07. The number of hydrogen-bond acceptors (Lipinski definition) is 4. The summed E-state index contributed by atoms with van der Waals surface area (Å²) >= 11 is 0. The monoisotopic (exact) mass is 176 g/mol. The molecule has 0 saturated carbocycles. The van der Waals surface area contributed by atoms with E-state index in [1.165, 1.54) is 4.68 Å². The normalized spacial score (nSPS) is 10.2. The Balaban J connectivity index is 2.59. The van der Waals surface area contributed by atoms with Crippen molar-refractivity contribution in [1.82, 2.24) is 20.0 Å². The Morgan fingerprint density at radius 3 is 2.92 bits per heavy atom. The molecule has 0 bridgehead atoms. The molecule has 0 fully saturated rings. The van der Waals surface area contributed by atoms with Crippen molar-refractivity contribution in [2.75, 3.05) is 0 Å². The van der Waals surface area contributed by atoms with Gasteiger partial charge in [-0.15, -0.1) is 5.10 Å². The standard InChI is InChI=1S/C8H8N4O/c1-6-8(13)7(2-3-9-6)12-5-4-10-11-12/h2-5,13H,1H3. The Kier molecular flexibility index (Phi) is 1.70. The molecule has 0 amide bonds. The van der Waals surface area contributed by atoms with Gasteiger partial charge in [-0.1, -0.05) is 5.21 Å². The van der Waals surface area contributed by atoms with Crippen LogP contribution in [-0.4, -0.2) is 25.1 Å². The summed E-state index contributed by atoms with van der Waals surface area (Å²) in [5.41, 5.74) is 1.16. The van der Waals surface area contributed by atoms with Crippen molar-refractivity contribution in [2.45, 2.75) is 6.92 Å². The maximum absolute atomic E-state index is 9.62. The highest BCUT2D eigenvalue weighted by Gasteiger charge is 2.06. The third kappa shape index (κ3) is 1.24. The van der Waals surface area contributed by atoms with E-state index in [9.17, 15) is 5.11 Å². The zero-order chi connectivity index (χ0) is 9.26. The molecule has 0 atom stereocenters. The van der Waals surface area contributed by atoms with Crippen LogP contribution in [0, 0.1) is 6.92 Å². The first-order chi connectivity index (χ1) is 6.29. The molecule has 2 aromatic heterocycles. The highest BCUT2D eigenvalue weighted by atomic mass is 16.3. The average Bonchev–Trinajstić information content (AvgIpc) is 2.62. The average molecular weight is 176 g/mol. The van der Waals surface area contributed by atoms with Gasteiger partial charge in [-0.3, -0.25) is 4.98 Å². The first-order valence-corrected chi connectivity index (χ1v) is 3.80. The summed E-state index contributed by atoms with van der Waals surface area (Å²) in [6.07, 6.45) is 4.83. The van der Waals surface area contributed by atoms with Gasteiger partial charge in [0.15, 0.2) is 5.75 Å². The molecule has 2 rings (SSSR count). The van der Waals surface area contributed by atoms with Crippen molar-refractivity contribution in [1.29, 1.82) is 0 Å². The van der Waals surface area contributed by atoms with E-state index in [0.29, 0.717) is 11.4 Å². The summed E-state index contributed by atoms with van der Waals surface area (Å²) in [5.74, 6) is 0.132. The molecule has 0 radical (unpaired) electrons. The van der Waals surface area contributed by atoms with Crippen molar-refractivity contribution in [2.24, 2.45) is 0 Å².